The van der Waals surface area contributed by atoms with E-state index in [4.69, 9.17) is 4.74 Å². The molecule has 0 aliphatic carbocycles. The van der Waals surface area contributed by atoms with Crippen molar-refractivity contribution in [1.82, 2.24) is 10.9 Å². The number of carbonyl (C=O) groups is 2. The smallest absolute Gasteiger partial charge is 0.276 e. The van der Waals surface area contributed by atoms with Crippen LogP contribution in [0.2, 0.25) is 0 Å². The molecule has 124 valence electrons. The number of halogens is 1. The van der Waals surface area contributed by atoms with Crippen molar-refractivity contribution in [2.75, 3.05) is 6.61 Å². The Morgan fingerprint density at radius 3 is 2.58 bits per heavy atom. The molecule has 0 aliphatic heterocycles. The van der Waals surface area contributed by atoms with E-state index in [2.05, 4.69) is 10.9 Å². The molecule has 0 atom stereocenters. The molecule has 0 radical (unpaired) electrons. The molecule has 0 saturated carbocycles. The van der Waals surface area contributed by atoms with Gasteiger partial charge in [0.15, 0.2) is 6.61 Å². The van der Waals surface area contributed by atoms with Crippen LogP contribution in [0.4, 0.5) is 4.39 Å². The molecule has 0 heterocycles. The van der Waals surface area contributed by atoms with Gasteiger partial charge < -0.3 is 4.74 Å². The van der Waals surface area contributed by atoms with Gasteiger partial charge in [-0.05, 0) is 48.4 Å². The lowest BCUT2D eigenvalue weighted by molar-refractivity contribution is -0.128. The number of hydrazine groups is 1. The van der Waals surface area contributed by atoms with E-state index in [1.807, 2.05) is 19.1 Å². The van der Waals surface area contributed by atoms with E-state index in [0.29, 0.717) is 11.3 Å². The molecule has 0 unspecified atom stereocenters. The summed E-state index contributed by atoms with van der Waals surface area (Å²) in [6, 6.07) is 12.9. The first-order valence-corrected chi connectivity index (χ1v) is 7.25. The number of rotatable bonds is 5. The van der Waals surface area contributed by atoms with Crippen LogP contribution in [0.5, 0.6) is 5.75 Å². The van der Waals surface area contributed by atoms with Crippen LogP contribution in [-0.4, -0.2) is 18.4 Å². The molecule has 2 N–H and O–H groups in total. The van der Waals surface area contributed by atoms with E-state index in [-0.39, 0.29) is 12.4 Å². The van der Waals surface area contributed by atoms with Crippen LogP contribution in [-0.2, 0) is 9.59 Å². The summed E-state index contributed by atoms with van der Waals surface area (Å²) in [5.41, 5.74) is 6.16. The zero-order valence-electron chi connectivity index (χ0n) is 13.1. The predicted octanol–water partition coefficient (Wildman–Crippen LogP) is 2.37. The Kier molecular flexibility index (Phi) is 6.08. The van der Waals surface area contributed by atoms with E-state index in [1.54, 1.807) is 12.1 Å². The number of aryl methyl sites for hydroxylation is 1. The van der Waals surface area contributed by atoms with Gasteiger partial charge in [-0.15, -0.1) is 0 Å². The first-order chi connectivity index (χ1) is 11.5. The van der Waals surface area contributed by atoms with E-state index in [0.717, 1.165) is 5.56 Å². The fourth-order valence-corrected chi connectivity index (χ4v) is 1.81. The molecule has 0 bridgehead atoms. The maximum absolute atomic E-state index is 12.7. The second-order valence-electron chi connectivity index (χ2n) is 5.03. The molecular weight excluding hydrogens is 311 g/mol. The minimum absolute atomic E-state index is 0.217. The summed E-state index contributed by atoms with van der Waals surface area (Å²) in [6.45, 7) is 1.70. The van der Waals surface area contributed by atoms with Crippen LogP contribution < -0.4 is 15.6 Å². The maximum atomic E-state index is 12.7. The summed E-state index contributed by atoms with van der Waals surface area (Å²) in [5, 5.41) is 0. The highest BCUT2D eigenvalue weighted by Crippen LogP contribution is 2.11. The van der Waals surface area contributed by atoms with Crippen molar-refractivity contribution in [2.45, 2.75) is 6.92 Å². The van der Waals surface area contributed by atoms with Gasteiger partial charge in [-0.1, -0.05) is 24.3 Å². The van der Waals surface area contributed by atoms with Gasteiger partial charge in [0, 0.05) is 6.08 Å². The van der Waals surface area contributed by atoms with Gasteiger partial charge in [0.1, 0.15) is 11.6 Å². The van der Waals surface area contributed by atoms with Crippen LogP contribution in [0.15, 0.2) is 54.6 Å². The Morgan fingerprint density at radius 1 is 1.12 bits per heavy atom. The molecule has 0 saturated heterocycles. The third kappa shape index (κ3) is 5.92. The molecule has 24 heavy (non-hydrogen) atoms. The number of ether oxygens (including phenoxy) is 1. The largest absolute Gasteiger partial charge is 0.484 e. The zero-order chi connectivity index (χ0) is 17.4. The number of benzene rings is 2. The lowest BCUT2D eigenvalue weighted by atomic mass is 10.2. The Bertz CT molecular complexity index is 742. The average molecular weight is 328 g/mol. The fraction of sp³-hybridized carbons (Fsp3) is 0.111. The van der Waals surface area contributed by atoms with Crippen LogP contribution in [0.1, 0.15) is 11.1 Å². The Hall–Kier alpha value is -3.15. The van der Waals surface area contributed by atoms with Gasteiger partial charge >= 0.3 is 0 Å². The van der Waals surface area contributed by atoms with Crippen molar-refractivity contribution in [3.8, 4) is 5.75 Å². The standard InChI is InChI=1S/C18H17FN2O3/c1-13-3-2-4-16(11-13)24-12-18(23)21-20-17(22)10-7-14-5-8-15(19)9-6-14/h2-11H,12H2,1H3,(H,20,22)(H,21,23). The van der Waals surface area contributed by atoms with Crippen molar-refractivity contribution in [1.29, 1.82) is 0 Å². The van der Waals surface area contributed by atoms with Crippen molar-refractivity contribution in [3.05, 3.63) is 71.6 Å². The summed E-state index contributed by atoms with van der Waals surface area (Å²) in [6.07, 6.45) is 2.74. The third-order valence-electron chi connectivity index (χ3n) is 2.98. The lowest BCUT2D eigenvalue weighted by Gasteiger charge is -2.08. The minimum Gasteiger partial charge on any atom is -0.484 e. The first kappa shape index (κ1) is 17.2. The van der Waals surface area contributed by atoms with Gasteiger partial charge in [0.2, 0.25) is 0 Å². The first-order valence-electron chi connectivity index (χ1n) is 7.25. The maximum Gasteiger partial charge on any atom is 0.276 e. The number of nitrogens with one attached hydrogen (secondary N) is 2. The summed E-state index contributed by atoms with van der Waals surface area (Å²) < 4.78 is 18.1. The van der Waals surface area contributed by atoms with Crippen LogP contribution >= 0.6 is 0 Å². The quantitative estimate of drug-likeness (QED) is 0.654. The lowest BCUT2D eigenvalue weighted by Crippen LogP contribution is -2.43. The summed E-state index contributed by atoms with van der Waals surface area (Å²) in [4.78, 5) is 23.2. The predicted molar refractivity (Wildman–Crippen MR) is 88.4 cm³/mol. The Morgan fingerprint density at radius 2 is 1.88 bits per heavy atom. The summed E-state index contributed by atoms with van der Waals surface area (Å²) >= 11 is 0. The molecule has 0 aliphatic rings. The fourth-order valence-electron chi connectivity index (χ4n) is 1.81. The Labute approximate surface area is 139 Å². The number of hydrogen-bond acceptors (Lipinski definition) is 3. The highest BCUT2D eigenvalue weighted by Gasteiger charge is 2.04. The van der Waals surface area contributed by atoms with E-state index < -0.39 is 11.8 Å². The van der Waals surface area contributed by atoms with E-state index >= 15 is 0 Å². The Balaban J connectivity index is 1.72. The van der Waals surface area contributed by atoms with Gasteiger partial charge in [-0.3, -0.25) is 20.4 Å². The average Bonchev–Trinajstić information content (AvgIpc) is 2.57. The molecule has 0 aromatic heterocycles. The molecule has 2 aromatic rings. The number of hydrogen-bond donors (Lipinski definition) is 2. The van der Waals surface area contributed by atoms with E-state index in [9.17, 15) is 14.0 Å². The highest BCUT2D eigenvalue weighted by molar-refractivity contribution is 5.93. The molecular formula is C18H17FN2O3. The number of carbonyl (C=O) groups excluding carboxylic acids is 2. The molecule has 0 fully saturated rings. The van der Waals surface area contributed by atoms with Crippen molar-refractivity contribution in [3.63, 3.8) is 0 Å². The molecule has 2 aromatic carbocycles. The second-order valence-corrected chi connectivity index (χ2v) is 5.03. The van der Waals surface area contributed by atoms with Gasteiger partial charge in [-0.2, -0.15) is 0 Å². The normalized spacial score (nSPS) is 10.4. The van der Waals surface area contributed by atoms with Crippen LogP contribution in [0.3, 0.4) is 0 Å². The summed E-state index contributed by atoms with van der Waals surface area (Å²) in [5.74, 6) is -0.770. The van der Waals surface area contributed by atoms with E-state index in [1.165, 1.54) is 36.4 Å². The summed E-state index contributed by atoms with van der Waals surface area (Å²) in [7, 11) is 0. The topological polar surface area (TPSA) is 67.4 Å². The molecule has 2 rings (SSSR count). The van der Waals surface area contributed by atoms with Gasteiger partial charge in [0.25, 0.3) is 11.8 Å². The molecule has 0 spiro atoms. The molecule has 2 amide bonds. The third-order valence-corrected chi connectivity index (χ3v) is 2.98. The van der Waals surface area contributed by atoms with Gasteiger partial charge in [0.05, 0.1) is 0 Å². The van der Waals surface area contributed by atoms with Crippen molar-refractivity contribution in [2.24, 2.45) is 0 Å². The highest BCUT2D eigenvalue weighted by atomic mass is 19.1. The molecule has 5 nitrogen and oxygen atoms in total. The monoisotopic (exact) mass is 328 g/mol. The van der Waals surface area contributed by atoms with Gasteiger partial charge in [-0.25, -0.2) is 4.39 Å². The van der Waals surface area contributed by atoms with Crippen LogP contribution in [0, 0.1) is 12.7 Å². The number of amides is 2. The van der Waals surface area contributed by atoms with Crippen molar-refractivity contribution >= 4 is 17.9 Å². The SMILES string of the molecule is Cc1cccc(OCC(=O)NNC(=O)C=Cc2ccc(F)cc2)c1. The zero-order valence-corrected chi connectivity index (χ0v) is 13.1. The van der Waals surface area contributed by atoms with Crippen LogP contribution in [0.25, 0.3) is 6.08 Å². The van der Waals surface area contributed by atoms with Crippen molar-refractivity contribution < 1.29 is 18.7 Å². The second kappa shape index (κ2) is 8.47. The molecule has 6 heteroatoms. The minimum atomic E-state index is -0.511.